The SMILES string of the molecule is Cc1cc(C#N)cc(C)c1N(c1ccccc1)c1ccc2c(c1)C(C)(C)c1cccc3c1c-2cc1c2ccccc2c(N(c2ccccc2)c2c(F)cc(-c4ccccc4)cc2-c2ccccc2)cc31. The van der Waals surface area contributed by atoms with Gasteiger partial charge in [-0.15, -0.1) is 0 Å². The first-order valence-electron chi connectivity index (χ1n) is 23.9. The van der Waals surface area contributed by atoms with Crippen LogP contribution in [-0.2, 0) is 5.41 Å². The second-order valence-electron chi connectivity index (χ2n) is 19.0. The highest BCUT2D eigenvalue weighted by Gasteiger charge is 2.36. The fourth-order valence-corrected chi connectivity index (χ4v) is 11.3. The summed E-state index contributed by atoms with van der Waals surface area (Å²) in [5.74, 6) is -0.307. The van der Waals surface area contributed by atoms with Gasteiger partial charge >= 0.3 is 0 Å². The summed E-state index contributed by atoms with van der Waals surface area (Å²) in [6, 6.07) is 78.2. The molecule has 0 aliphatic heterocycles. The van der Waals surface area contributed by atoms with E-state index < -0.39 is 0 Å². The summed E-state index contributed by atoms with van der Waals surface area (Å²) in [5, 5.41) is 16.6. The lowest BCUT2D eigenvalue weighted by atomic mass is 9.68. The van der Waals surface area contributed by atoms with Gasteiger partial charge in [-0.05, 0) is 164 Å². The lowest BCUT2D eigenvalue weighted by Gasteiger charge is -2.37. The van der Waals surface area contributed by atoms with Crippen molar-refractivity contribution in [3.8, 4) is 39.4 Å². The van der Waals surface area contributed by atoms with Crippen molar-refractivity contribution in [2.45, 2.75) is 33.1 Å². The number of hydrogen-bond donors (Lipinski definition) is 0. The first-order chi connectivity index (χ1) is 34.2. The van der Waals surface area contributed by atoms with Crippen LogP contribution in [0.5, 0.6) is 0 Å². The first kappa shape index (κ1) is 42.6. The Hall–Kier alpha value is -8.78. The topological polar surface area (TPSA) is 30.3 Å². The van der Waals surface area contributed by atoms with Crippen molar-refractivity contribution in [2.24, 2.45) is 0 Å². The van der Waals surface area contributed by atoms with Gasteiger partial charge in [-0.1, -0.05) is 159 Å². The minimum atomic E-state index is -0.382. The van der Waals surface area contributed by atoms with E-state index >= 15 is 4.39 Å². The van der Waals surface area contributed by atoms with Crippen LogP contribution < -0.4 is 9.80 Å². The van der Waals surface area contributed by atoms with Crippen LogP contribution in [0.25, 0.3) is 65.7 Å². The second-order valence-corrected chi connectivity index (χ2v) is 19.0. The van der Waals surface area contributed by atoms with Gasteiger partial charge in [0.15, 0.2) is 0 Å². The van der Waals surface area contributed by atoms with Crippen LogP contribution in [0.4, 0.5) is 38.5 Å². The molecule has 11 aromatic rings. The Bertz CT molecular complexity index is 3870. The molecule has 1 aliphatic rings. The van der Waals surface area contributed by atoms with Crippen molar-refractivity contribution < 1.29 is 4.39 Å². The summed E-state index contributed by atoms with van der Waals surface area (Å²) in [7, 11) is 0. The first-order valence-corrected chi connectivity index (χ1v) is 23.9. The maximum atomic E-state index is 17.7. The van der Waals surface area contributed by atoms with Crippen LogP contribution in [0.2, 0.25) is 0 Å². The number of benzene rings is 11. The molecule has 0 fully saturated rings. The third-order valence-electron chi connectivity index (χ3n) is 14.5. The maximum Gasteiger partial charge on any atom is 0.148 e. The highest BCUT2D eigenvalue weighted by molar-refractivity contribution is 6.25. The van der Waals surface area contributed by atoms with Gasteiger partial charge in [0.1, 0.15) is 5.82 Å². The molecule has 0 unspecified atom stereocenters. The quantitative estimate of drug-likeness (QED) is 0.142. The van der Waals surface area contributed by atoms with Crippen LogP contribution in [0.1, 0.15) is 41.7 Å². The zero-order chi connectivity index (χ0) is 47.7. The summed E-state index contributed by atoms with van der Waals surface area (Å²) < 4.78 is 17.7. The van der Waals surface area contributed by atoms with E-state index in [1.54, 1.807) is 6.07 Å². The van der Waals surface area contributed by atoms with E-state index in [-0.39, 0.29) is 11.2 Å². The van der Waals surface area contributed by atoms with Crippen molar-refractivity contribution in [3.05, 3.63) is 252 Å². The number of fused-ring (bicyclic) bond motifs is 6. The highest BCUT2D eigenvalue weighted by Crippen LogP contribution is 2.55. The predicted octanol–water partition coefficient (Wildman–Crippen LogP) is 18.4. The van der Waals surface area contributed by atoms with E-state index in [9.17, 15) is 5.26 Å². The van der Waals surface area contributed by atoms with Gasteiger partial charge in [-0.2, -0.15) is 5.26 Å². The number of rotatable bonds is 8. The summed E-state index contributed by atoms with van der Waals surface area (Å²) in [6.45, 7) is 8.88. The van der Waals surface area contributed by atoms with Gasteiger partial charge in [0.25, 0.3) is 0 Å². The Balaban J connectivity index is 1.11. The van der Waals surface area contributed by atoms with Crippen LogP contribution in [0.3, 0.4) is 0 Å². The molecule has 0 heterocycles. The molecule has 0 radical (unpaired) electrons. The smallest absolute Gasteiger partial charge is 0.148 e. The molecule has 0 spiro atoms. The fourth-order valence-electron chi connectivity index (χ4n) is 11.3. The Morgan fingerprint density at radius 1 is 0.414 bits per heavy atom. The average molecular weight is 902 g/mol. The Labute approximate surface area is 408 Å². The normalized spacial score (nSPS) is 12.5. The van der Waals surface area contributed by atoms with Crippen molar-refractivity contribution in [2.75, 3.05) is 9.80 Å². The van der Waals surface area contributed by atoms with Crippen molar-refractivity contribution in [1.29, 1.82) is 5.26 Å². The molecule has 0 aromatic heterocycles. The number of aryl methyl sites for hydroxylation is 2. The highest BCUT2D eigenvalue weighted by atomic mass is 19.1. The van der Waals surface area contributed by atoms with E-state index in [0.717, 1.165) is 88.7 Å². The molecule has 0 amide bonds. The number of halogens is 1. The average Bonchev–Trinajstić information content (AvgIpc) is 3.40. The Morgan fingerprint density at radius 3 is 1.64 bits per heavy atom. The van der Waals surface area contributed by atoms with Gasteiger partial charge in [0.05, 0.1) is 28.7 Å². The summed E-state index contributed by atoms with van der Waals surface area (Å²) in [4.78, 5) is 4.48. The Kier molecular flexibility index (Phi) is 10.2. The molecule has 12 rings (SSSR count). The van der Waals surface area contributed by atoms with Crippen molar-refractivity contribution >= 4 is 66.4 Å². The lowest BCUT2D eigenvalue weighted by Crippen LogP contribution is -2.24. The van der Waals surface area contributed by atoms with Gasteiger partial charge in [0, 0.05) is 33.4 Å². The summed E-state index contributed by atoms with van der Waals surface area (Å²) in [5.41, 5.74) is 16.2. The van der Waals surface area contributed by atoms with Crippen molar-refractivity contribution in [3.63, 3.8) is 0 Å². The number of nitriles is 1. The number of para-hydroxylation sites is 2. The van der Waals surface area contributed by atoms with E-state index in [1.807, 2.05) is 84.9 Å². The Morgan fingerprint density at radius 2 is 0.986 bits per heavy atom. The van der Waals surface area contributed by atoms with E-state index in [2.05, 4.69) is 171 Å². The summed E-state index contributed by atoms with van der Waals surface area (Å²) in [6.07, 6.45) is 0. The number of hydrogen-bond acceptors (Lipinski definition) is 3. The van der Waals surface area contributed by atoms with E-state index in [0.29, 0.717) is 11.3 Å². The second kappa shape index (κ2) is 16.8. The fraction of sp³-hybridized carbons (Fsp3) is 0.0758. The van der Waals surface area contributed by atoms with Gasteiger partial charge in [-0.25, -0.2) is 4.39 Å². The van der Waals surface area contributed by atoms with Crippen LogP contribution >= 0.6 is 0 Å². The molecule has 0 N–H and O–H groups in total. The molecule has 1 aliphatic carbocycles. The van der Waals surface area contributed by atoms with Gasteiger partial charge in [0.2, 0.25) is 0 Å². The number of nitrogens with zero attached hydrogens (tertiary/aromatic N) is 3. The largest absolute Gasteiger partial charge is 0.310 e. The molecule has 4 heteroatoms. The van der Waals surface area contributed by atoms with Crippen molar-refractivity contribution in [1.82, 2.24) is 0 Å². The molecule has 70 heavy (non-hydrogen) atoms. The maximum absolute atomic E-state index is 17.7. The monoisotopic (exact) mass is 901 g/mol. The standard InChI is InChI=1S/C66H48FN3/c1-42-34-44(41-68)35-43(2)64(42)69(48-24-13-7-14-25-48)50-32-33-52-58-39-56-51-28-17-18-29-53(51)62(40-57(56)54-30-19-31-59(63(54)58)66(3,4)60(52)38-50)70(49-26-15-8-16-27-49)65-55(46-22-11-6-12-23-46)36-47(37-61(65)67)45-20-9-5-10-21-45/h5-40H,1-4H3. The third-order valence-corrected chi connectivity index (χ3v) is 14.5. The molecular weight excluding hydrogens is 854 g/mol. The van der Waals surface area contributed by atoms with Gasteiger partial charge < -0.3 is 9.80 Å². The van der Waals surface area contributed by atoms with Crippen LogP contribution in [-0.4, -0.2) is 0 Å². The molecule has 3 nitrogen and oxygen atoms in total. The minimum absolute atomic E-state index is 0.307. The summed E-state index contributed by atoms with van der Waals surface area (Å²) >= 11 is 0. The molecule has 11 aromatic carbocycles. The van der Waals surface area contributed by atoms with E-state index in [1.165, 1.54) is 27.6 Å². The zero-order valence-corrected chi connectivity index (χ0v) is 39.5. The van der Waals surface area contributed by atoms with Crippen LogP contribution in [0.15, 0.2) is 218 Å². The molecule has 0 saturated heterocycles. The predicted molar refractivity (Wildman–Crippen MR) is 291 cm³/mol. The number of anilines is 6. The van der Waals surface area contributed by atoms with E-state index in [4.69, 9.17) is 0 Å². The minimum Gasteiger partial charge on any atom is -0.310 e. The molecule has 334 valence electrons. The lowest BCUT2D eigenvalue weighted by molar-refractivity contribution is 0.630. The molecule has 0 atom stereocenters. The third kappa shape index (κ3) is 6.85. The zero-order valence-electron chi connectivity index (χ0n) is 39.5. The molecule has 0 bridgehead atoms. The molecule has 0 saturated carbocycles. The molecular formula is C66H48FN3. The van der Waals surface area contributed by atoms with Gasteiger partial charge in [-0.3, -0.25) is 0 Å². The van der Waals surface area contributed by atoms with Crippen LogP contribution in [0, 0.1) is 31.0 Å².